The van der Waals surface area contributed by atoms with Gasteiger partial charge in [-0.15, -0.1) is 11.3 Å². The summed E-state index contributed by atoms with van der Waals surface area (Å²) in [5.74, 6) is 1.04. The van der Waals surface area contributed by atoms with Crippen LogP contribution in [0.25, 0.3) is 10.4 Å². The van der Waals surface area contributed by atoms with Gasteiger partial charge < -0.3 is 19.5 Å². The lowest BCUT2D eigenvalue weighted by Crippen LogP contribution is -2.44. The van der Waals surface area contributed by atoms with Crippen molar-refractivity contribution in [2.75, 3.05) is 26.6 Å². The molecule has 2 aromatic carbocycles. The number of carbonyl (C=O) groups is 1. The van der Waals surface area contributed by atoms with Crippen LogP contribution in [0.1, 0.15) is 28.1 Å². The summed E-state index contributed by atoms with van der Waals surface area (Å²) < 4.78 is 30.7. The standard InChI is InChI=1S/C24H22FNO4S/c25-18-4-2-1-3-17(18)21-7-8-22(31-21)23(27)26-14-24(9-11-28-12-10-24)16-5-6-19-20(13-16)30-15-29-19/h1-8,13H,9-12,14-15H2,(H,26,27). The molecule has 5 rings (SSSR count). The van der Waals surface area contributed by atoms with Crippen molar-refractivity contribution < 1.29 is 23.4 Å². The second-order valence-corrected chi connectivity index (χ2v) is 8.87. The van der Waals surface area contributed by atoms with Crippen molar-refractivity contribution in [1.29, 1.82) is 0 Å². The fourth-order valence-corrected chi connectivity index (χ4v) is 5.11. The predicted molar refractivity (Wildman–Crippen MR) is 116 cm³/mol. The molecule has 0 aliphatic carbocycles. The first-order chi connectivity index (χ1) is 15.1. The normalized spacial score (nSPS) is 16.8. The van der Waals surface area contributed by atoms with E-state index < -0.39 is 0 Å². The zero-order valence-corrected chi connectivity index (χ0v) is 17.7. The second-order valence-electron chi connectivity index (χ2n) is 7.79. The van der Waals surface area contributed by atoms with Crippen LogP contribution in [-0.4, -0.2) is 32.5 Å². The van der Waals surface area contributed by atoms with Crippen LogP contribution in [0.5, 0.6) is 11.5 Å². The lowest BCUT2D eigenvalue weighted by molar-refractivity contribution is 0.0487. The molecule has 1 N–H and O–H groups in total. The van der Waals surface area contributed by atoms with Crippen LogP contribution >= 0.6 is 11.3 Å². The molecule has 2 aliphatic rings. The van der Waals surface area contributed by atoms with Gasteiger partial charge in [-0.2, -0.15) is 0 Å². The predicted octanol–water partition coefficient (Wildman–Crippen LogP) is 4.76. The number of hydrogen-bond acceptors (Lipinski definition) is 5. The second kappa shape index (κ2) is 8.32. The number of rotatable bonds is 5. The summed E-state index contributed by atoms with van der Waals surface area (Å²) in [6.45, 7) is 2.00. The third-order valence-corrected chi connectivity index (χ3v) is 7.11. The van der Waals surface area contributed by atoms with Crippen LogP contribution in [0.4, 0.5) is 4.39 Å². The molecule has 0 atom stereocenters. The van der Waals surface area contributed by atoms with Gasteiger partial charge >= 0.3 is 0 Å². The number of carbonyl (C=O) groups excluding carboxylic acids is 1. The quantitative estimate of drug-likeness (QED) is 0.623. The average Bonchev–Trinajstić information content (AvgIpc) is 3.48. The molecule has 31 heavy (non-hydrogen) atoms. The molecular formula is C24H22FNO4S. The largest absolute Gasteiger partial charge is 0.454 e. The first-order valence-electron chi connectivity index (χ1n) is 10.3. The van der Waals surface area contributed by atoms with E-state index in [1.165, 1.54) is 17.4 Å². The smallest absolute Gasteiger partial charge is 0.261 e. The Morgan fingerprint density at radius 1 is 1.03 bits per heavy atom. The zero-order chi connectivity index (χ0) is 21.3. The lowest BCUT2D eigenvalue weighted by atomic mass is 9.74. The van der Waals surface area contributed by atoms with Gasteiger partial charge in [0.15, 0.2) is 11.5 Å². The molecule has 0 radical (unpaired) electrons. The highest BCUT2D eigenvalue weighted by Crippen LogP contribution is 2.40. The number of halogens is 1. The minimum Gasteiger partial charge on any atom is -0.454 e. The molecule has 2 aliphatic heterocycles. The summed E-state index contributed by atoms with van der Waals surface area (Å²) in [6, 6.07) is 16.1. The lowest BCUT2D eigenvalue weighted by Gasteiger charge is -2.38. The number of ether oxygens (including phenoxy) is 3. The topological polar surface area (TPSA) is 56.8 Å². The number of benzene rings is 2. The van der Waals surface area contributed by atoms with Crippen molar-refractivity contribution in [3.8, 4) is 21.9 Å². The molecule has 3 heterocycles. The van der Waals surface area contributed by atoms with Crippen molar-refractivity contribution in [2.24, 2.45) is 0 Å². The highest BCUT2D eigenvalue weighted by Gasteiger charge is 2.36. The summed E-state index contributed by atoms with van der Waals surface area (Å²) in [5.41, 5.74) is 1.38. The highest BCUT2D eigenvalue weighted by atomic mass is 32.1. The Morgan fingerprint density at radius 2 is 1.84 bits per heavy atom. The van der Waals surface area contributed by atoms with E-state index in [-0.39, 0.29) is 23.9 Å². The van der Waals surface area contributed by atoms with E-state index in [0.717, 1.165) is 34.8 Å². The monoisotopic (exact) mass is 439 g/mol. The molecule has 7 heteroatoms. The molecule has 160 valence electrons. The van der Waals surface area contributed by atoms with E-state index >= 15 is 0 Å². The fraction of sp³-hybridized carbons (Fsp3) is 0.292. The van der Waals surface area contributed by atoms with E-state index in [2.05, 4.69) is 5.32 Å². The van der Waals surface area contributed by atoms with Gasteiger partial charge in [0.05, 0.1) is 4.88 Å². The van der Waals surface area contributed by atoms with Gasteiger partial charge in [-0.25, -0.2) is 4.39 Å². The Bertz CT molecular complexity index is 1110. The van der Waals surface area contributed by atoms with E-state index in [1.54, 1.807) is 30.3 Å². The van der Waals surface area contributed by atoms with Gasteiger partial charge in [-0.1, -0.05) is 24.3 Å². The van der Waals surface area contributed by atoms with Gasteiger partial charge in [0.2, 0.25) is 6.79 Å². The van der Waals surface area contributed by atoms with Crippen LogP contribution in [0.3, 0.4) is 0 Å². The minimum absolute atomic E-state index is 0.154. The minimum atomic E-state index is -0.291. The van der Waals surface area contributed by atoms with Crippen molar-refractivity contribution in [3.63, 3.8) is 0 Å². The SMILES string of the molecule is O=C(NCC1(c2ccc3c(c2)OCO3)CCOCC1)c1ccc(-c2ccccc2F)s1. The maximum absolute atomic E-state index is 14.1. The van der Waals surface area contributed by atoms with Gasteiger partial charge in [-0.05, 0) is 48.7 Å². The molecule has 3 aromatic rings. The molecular weight excluding hydrogens is 417 g/mol. The van der Waals surface area contributed by atoms with E-state index in [4.69, 9.17) is 14.2 Å². The van der Waals surface area contributed by atoms with Crippen LogP contribution in [0.15, 0.2) is 54.6 Å². The molecule has 0 bridgehead atoms. The number of hydrogen-bond donors (Lipinski definition) is 1. The number of nitrogens with one attached hydrogen (secondary N) is 1. The Morgan fingerprint density at radius 3 is 2.68 bits per heavy atom. The van der Waals surface area contributed by atoms with E-state index in [9.17, 15) is 9.18 Å². The van der Waals surface area contributed by atoms with Gasteiger partial charge in [-0.3, -0.25) is 4.79 Å². The molecule has 0 spiro atoms. The Hall–Kier alpha value is -2.90. The summed E-state index contributed by atoms with van der Waals surface area (Å²) >= 11 is 1.29. The average molecular weight is 440 g/mol. The van der Waals surface area contributed by atoms with Crippen molar-refractivity contribution >= 4 is 17.2 Å². The van der Waals surface area contributed by atoms with Gasteiger partial charge in [0.1, 0.15) is 5.82 Å². The molecule has 1 fully saturated rings. The Balaban J connectivity index is 1.34. The molecule has 5 nitrogen and oxygen atoms in total. The molecule has 0 unspecified atom stereocenters. The van der Waals surface area contributed by atoms with Crippen LogP contribution < -0.4 is 14.8 Å². The summed E-state index contributed by atoms with van der Waals surface area (Å²) in [7, 11) is 0. The van der Waals surface area contributed by atoms with Crippen molar-refractivity contribution in [2.45, 2.75) is 18.3 Å². The molecule has 1 aromatic heterocycles. The molecule has 0 saturated carbocycles. The number of thiophene rings is 1. The van der Waals surface area contributed by atoms with Crippen molar-refractivity contribution in [1.82, 2.24) is 5.32 Å². The molecule has 1 saturated heterocycles. The fourth-order valence-electron chi connectivity index (χ4n) is 4.16. The van der Waals surface area contributed by atoms with E-state index in [0.29, 0.717) is 30.2 Å². The van der Waals surface area contributed by atoms with Crippen molar-refractivity contribution in [3.05, 3.63) is 70.9 Å². The highest BCUT2D eigenvalue weighted by molar-refractivity contribution is 7.17. The summed E-state index contributed by atoms with van der Waals surface area (Å²) in [6.07, 6.45) is 1.61. The Labute approximate surface area is 183 Å². The number of amides is 1. The third-order valence-electron chi connectivity index (χ3n) is 5.99. The van der Waals surface area contributed by atoms with Crippen LogP contribution in [0, 0.1) is 5.82 Å². The maximum Gasteiger partial charge on any atom is 0.261 e. The zero-order valence-electron chi connectivity index (χ0n) is 16.9. The number of fused-ring (bicyclic) bond motifs is 1. The van der Waals surface area contributed by atoms with Gasteiger partial charge in [0, 0.05) is 35.6 Å². The van der Waals surface area contributed by atoms with E-state index in [1.807, 2.05) is 18.2 Å². The maximum atomic E-state index is 14.1. The third kappa shape index (κ3) is 3.91. The first kappa shape index (κ1) is 20.0. The van der Waals surface area contributed by atoms with Crippen LogP contribution in [0.2, 0.25) is 0 Å². The first-order valence-corrected chi connectivity index (χ1v) is 11.1. The van der Waals surface area contributed by atoms with Crippen LogP contribution in [-0.2, 0) is 10.2 Å². The van der Waals surface area contributed by atoms with Gasteiger partial charge in [0.25, 0.3) is 5.91 Å². The summed E-state index contributed by atoms with van der Waals surface area (Å²) in [5, 5.41) is 3.11. The Kier molecular flexibility index (Phi) is 5.38. The summed E-state index contributed by atoms with van der Waals surface area (Å²) in [4.78, 5) is 14.2. The molecule has 1 amide bonds.